The molecule has 0 spiro atoms. The van der Waals surface area contributed by atoms with Crippen molar-refractivity contribution in [2.24, 2.45) is 0 Å². The van der Waals surface area contributed by atoms with Crippen LogP contribution in [0, 0.1) is 13.8 Å². The molecule has 0 aliphatic rings. The molecule has 1 aromatic heterocycles. The van der Waals surface area contributed by atoms with Crippen LogP contribution in [0.5, 0.6) is 5.75 Å². The average Bonchev–Trinajstić information content (AvgIpc) is 2.36. The van der Waals surface area contributed by atoms with Crippen molar-refractivity contribution in [3.8, 4) is 5.75 Å². The molecular weight excluding hydrogens is 308 g/mol. The van der Waals surface area contributed by atoms with E-state index in [0.717, 1.165) is 15.6 Å². The number of aromatic hydroxyl groups is 1. The van der Waals surface area contributed by atoms with E-state index in [1.807, 2.05) is 26.0 Å². The molecule has 0 aliphatic heterocycles. The van der Waals surface area contributed by atoms with Gasteiger partial charge in [0.15, 0.2) is 0 Å². The molecule has 2 N–H and O–H groups in total. The standard InChI is InChI=1S/C14H13BrN2O2/c1-8-5-10(6-9(2)13(8)15)17-14(19)11-3-4-16-7-12(11)18/h3-7,18H,1-2H3,(H,17,19). The minimum Gasteiger partial charge on any atom is -0.505 e. The lowest BCUT2D eigenvalue weighted by Crippen LogP contribution is -2.12. The number of amides is 1. The number of pyridine rings is 1. The second kappa shape index (κ2) is 5.40. The number of halogens is 1. The number of nitrogens with one attached hydrogen (secondary N) is 1. The molecule has 0 saturated carbocycles. The van der Waals surface area contributed by atoms with Crippen LogP contribution in [-0.2, 0) is 0 Å². The fraction of sp³-hybridized carbons (Fsp3) is 0.143. The summed E-state index contributed by atoms with van der Waals surface area (Å²) in [5, 5.41) is 12.3. The van der Waals surface area contributed by atoms with E-state index >= 15 is 0 Å². The summed E-state index contributed by atoms with van der Waals surface area (Å²) in [6.45, 7) is 3.91. The van der Waals surface area contributed by atoms with E-state index in [1.54, 1.807) is 0 Å². The molecule has 0 saturated heterocycles. The molecule has 4 nitrogen and oxygen atoms in total. The van der Waals surface area contributed by atoms with Gasteiger partial charge in [0.1, 0.15) is 5.75 Å². The fourth-order valence-corrected chi connectivity index (χ4v) is 2.02. The van der Waals surface area contributed by atoms with Crippen molar-refractivity contribution in [2.45, 2.75) is 13.8 Å². The van der Waals surface area contributed by atoms with E-state index in [0.29, 0.717) is 5.69 Å². The van der Waals surface area contributed by atoms with E-state index < -0.39 is 0 Å². The highest BCUT2D eigenvalue weighted by Gasteiger charge is 2.12. The molecule has 5 heteroatoms. The molecule has 19 heavy (non-hydrogen) atoms. The Kier molecular flexibility index (Phi) is 3.85. The van der Waals surface area contributed by atoms with Crippen molar-refractivity contribution in [2.75, 3.05) is 5.32 Å². The van der Waals surface area contributed by atoms with E-state index in [2.05, 4.69) is 26.2 Å². The number of nitrogens with zero attached hydrogens (tertiary/aromatic N) is 1. The highest BCUT2D eigenvalue weighted by Crippen LogP contribution is 2.25. The number of carbonyl (C=O) groups is 1. The number of rotatable bonds is 2. The number of anilines is 1. The Bertz CT molecular complexity index is 618. The van der Waals surface area contributed by atoms with Crippen LogP contribution >= 0.6 is 15.9 Å². The SMILES string of the molecule is Cc1cc(NC(=O)c2ccncc2O)cc(C)c1Br. The first-order valence-electron chi connectivity index (χ1n) is 5.70. The second-order valence-corrected chi connectivity index (χ2v) is 5.06. The first kappa shape index (κ1) is 13.5. The van der Waals surface area contributed by atoms with E-state index in [9.17, 15) is 9.90 Å². The fourth-order valence-electron chi connectivity index (χ4n) is 1.79. The third kappa shape index (κ3) is 2.93. The van der Waals surface area contributed by atoms with Gasteiger partial charge in [-0.05, 0) is 43.2 Å². The lowest BCUT2D eigenvalue weighted by atomic mass is 10.1. The van der Waals surface area contributed by atoms with Crippen LogP contribution in [0.3, 0.4) is 0 Å². The number of hydrogen-bond donors (Lipinski definition) is 2. The largest absolute Gasteiger partial charge is 0.505 e. The third-order valence-electron chi connectivity index (χ3n) is 2.74. The number of hydrogen-bond acceptors (Lipinski definition) is 3. The van der Waals surface area contributed by atoms with Crippen LogP contribution < -0.4 is 5.32 Å². The van der Waals surface area contributed by atoms with Crippen molar-refractivity contribution in [3.05, 3.63) is 51.8 Å². The molecule has 0 radical (unpaired) electrons. The minimum absolute atomic E-state index is 0.134. The number of carbonyl (C=O) groups excluding carboxylic acids is 1. The normalized spacial score (nSPS) is 10.3. The van der Waals surface area contributed by atoms with E-state index in [4.69, 9.17) is 0 Å². The summed E-state index contributed by atoms with van der Waals surface area (Å²) in [6.07, 6.45) is 2.71. The maximum Gasteiger partial charge on any atom is 0.259 e. The monoisotopic (exact) mass is 320 g/mol. The highest BCUT2D eigenvalue weighted by molar-refractivity contribution is 9.10. The van der Waals surface area contributed by atoms with Gasteiger partial charge in [-0.15, -0.1) is 0 Å². The Morgan fingerprint density at radius 1 is 1.32 bits per heavy atom. The summed E-state index contributed by atoms with van der Waals surface area (Å²) >= 11 is 3.48. The van der Waals surface area contributed by atoms with Gasteiger partial charge in [-0.3, -0.25) is 9.78 Å². The average molecular weight is 321 g/mol. The van der Waals surface area contributed by atoms with Crippen LogP contribution in [0.4, 0.5) is 5.69 Å². The molecule has 0 bridgehead atoms. The first-order chi connectivity index (χ1) is 8.99. The zero-order valence-electron chi connectivity index (χ0n) is 10.6. The van der Waals surface area contributed by atoms with Gasteiger partial charge in [0.2, 0.25) is 0 Å². The van der Waals surface area contributed by atoms with Crippen molar-refractivity contribution in [3.63, 3.8) is 0 Å². The van der Waals surface area contributed by atoms with Gasteiger partial charge in [-0.25, -0.2) is 0 Å². The molecule has 2 rings (SSSR count). The lowest BCUT2D eigenvalue weighted by Gasteiger charge is -2.10. The van der Waals surface area contributed by atoms with Crippen molar-refractivity contribution >= 4 is 27.5 Å². The van der Waals surface area contributed by atoms with Crippen LogP contribution in [0.25, 0.3) is 0 Å². The van der Waals surface area contributed by atoms with E-state index in [1.165, 1.54) is 18.5 Å². The quantitative estimate of drug-likeness (QED) is 0.891. The molecule has 98 valence electrons. The molecule has 1 amide bonds. The topological polar surface area (TPSA) is 62.2 Å². The third-order valence-corrected chi connectivity index (χ3v) is 3.99. The van der Waals surface area contributed by atoms with Crippen LogP contribution in [0.2, 0.25) is 0 Å². The number of aromatic nitrogens is 1. The summed E-state index contributed by atoms with van der Waals surface area (Å²) in [5.41, 5.74) is 2.97. The molecule has 2 aromatic rings. The van der Waals surface area contributed by atoms with Gasteiger partial charge in [-0.2, -0.15) is 0 Å². The summed E-state index contributed by atoms with van der Waals surface area (Å²) in [6, 6.07) is 5.21. The number of aryl methyl sites for hydroxylation is 2. The zero-order valence-corrected chi connectivity index (χ0v) is 12.2. The summed E-state index contributed by atoms with van der Waals surface area (Å²) < 4.78 is 1.03. The van der Waals surface area contributed by atoms with Gasteiger partial charge in [0, 0.05) is 16.4 Å². The zero-order chi connectivity index (χ0) is 14.0. The van der Waals surface area contributed by atoms with Gasteiger partial charge in [0.25, 0.3) is 5.91 Å². The Hall–Kier alpha value is -1.88. The van der Waals surface area contributed by atoms with Crippen molar-refractivity contribution in [1.29, 1.82) is 0 Å². The van der Waals surface area contributed by atoms with Gasteiger partial charge in [-0.1, -0.05) is 15.9 Å². The summed E-state index contributed by atoms with van der Waals surface area (Å²) in [7, 11) is 0. The maximum atomic E-state index is 12.0. The second-order valence-electron chi connectivity index (χ2n) is 4.27. The highest BCUT2D eigenvalue weighted by atomic mass is 79.9. The molecule has 0 unspecified atom stereocenters. The molecular formula is C14H13BrN2O2. The van der Waals surface area contributed by atoms with Gasteiger partial charge in [0.05, 0.1) is 11.8 Å². The minimum atomic E-state index is -0.360. The molecule has 1 heterocycles. The molecule has 0 fully saturated rings. The molecule has 0 aliphatic carbocycles. The van der Waals surface area contributed by atoms with E-state index in [-0.39, 0.29) is 17.2 Å². The molecule has 0 atom stereocenters. The van der Waals surface area contributed by atoms with Crippen molar-refractivity contribution < 1.29 is 9.90 Å². The predicted molar refractivity (Wildman–Crippen MR) is 77.5 cm³/mol. The predicted octanol–water partition coefficient (Wildman–Crippen LogP) is 3.42. The lowest BCUT2D eigenvalue weighted by molar-refractivity contribution is 0.102. The van der Waals surface area contributed by atoms with Gasteiger partial charge >= 0.3 is 0 Å². The Morgan fingerprint density at radius 2 is 1.95 bits per heavy atom. The Morgan fingerprint density at radius 3 is 2.53 bits per heavy atom. The Balaban J connectivity index is 2.27. The van der Waals surface area contributed by atoms with Gasteiger partial charge < -0.3 is 10.4 Å². The first-order valence-corrected chi connectivity index (χ1v) is 6.49. The van der Waals surface area contributed by atoms with Crippen molar-refractivity contribution in [1.82, 2.24) is 4.98 Å². The van der Waals surface area contributed by atoms with Crippen LogP contribution in [0.1, 0.15) is 21.5 Å². The summed E-state index contributed by atoms with van der Waals surface area (Å²) in [5.74, 6) is -0.494. The molecule has 1 aromatic carbocycles. The van der Waals surface area contributed by atoms with Crippen LogP contribution in [-0.4, -0.2) is 16.0 Å². The summed E-state index contributed by atoms with van der Waals surface area (Å²) in [4.78, 5) is 15.8. The maximum absolute atomic E-state index is 12.0. The number of benzene rings is 1. The Labute approximate surface area is 119 Å². The smallest absolute Gasteiger partial charge is 0.259 e. The van der Waals surface area contributed by atoms with Crippen LogP contribution in [0.15, 0.2) is 35.1 Å².